The third-order valence-corrected chi connectivity index (χ3v) is 4.89. The molecule has 1 aromatic heterocycles. The summed E-state index contributed by atoms with van der Waals surface area (Å²) < 4.78 is 36.2. The summed E-state index contributed by atoms with van der Waals surface area (Å²) in [6, 6.07) is 10.3. The standard InChI is InChI=1S/C16H18N2O5S/c1-24(20,21)18-9-8-15(23-14-7-3-2-6-13(14)18)16(19)17-11-12-5-4-10-22-12/h2-7,10,15H,8-9,11H2,1H3,(H,17,19)/t15-/m1/s1. The lowest BCUT2D eigenvalue weighted by molar-refractivity contribution is -0.128. The second-order valence-electron chi connectivity index (χ2n) is 5.50. The quantitative estimate of drug-likeness (QED) is 0.903. The second-order valence-corrected chi connectivity index (χ2v) is 7.40. The molecule has 0 unspecified atom stereocenters. The Morgan fingerprint density at radius 2 is 2.08 bits per heavy atom. The van der Waals surface area contributed by atoms with Crippen molar-refractivity contribution >= 4 is 21.6 Å². The Morgan fingerprint density at radius 1 is 1.29 bits per heavy atom. The zero-order chi connectivity index (χ0) is 17.2. The van der Waals surface area contributed by atoms with Gasteiger partial charge in [-0.1, -0.05) is 12.1 Å². The highest BCUT2D eigenvalue weighted by molar-refractivity contribution is 7.92. The lowest BCUT2D eigenvalue weighted by Crippen LogP contribution is -2.39. The highest BCUT2D eigenvalue weighted by Gasteiger charge is 2.30. The van der Waals surface area contributed by atoms with Gasteiger partial charge in [0.05, 0.1) is 24.8 Å². The molecule has 1 N–H and O–H groups in total. The van der Waals surface area contributed by atoms with E-state index in [2.05, 4.69) is 5.32 Å². The number of ether oxygens (including phenoxy) is 1. The molecule has 1 aliphatic rings. The van der Waals surface area contributed by atoms with E-state index in [1.54, 1.807) is 36.4 Å². The second kappa shape index (κ2) is 6.56. The van der Waals surface area contributed by atoms with Crippen LogP contribution in [0.25, 0.3) is 0 Å². The fourth-order valence-corrected chi connectivity index (χ4v) is 3.51. The predicted octanol–water partition coefficient (Wildman–Crippen LogP) is 1.51. The molecule has 0 saturated carbocycles. The number of nitrogens with one attached hydrogen (secondary N) is 1. The zero-order valence-electron chi connectivity index (χ0n) is 13.1. The number of carbonyl (C=O) groups is 1. The number of sulfonamides is 1. The van der Waals surface area contributed by atoms with Crippen molar-refractivity contribution in [2.75, 3.05) is 17.1 Å². The topological polar surface area (TPSA) is 88.9 Å². The van der Waals surface area contributed by atoms with Gasteiger partial charge in [0.25, 0.3) is 5.91 Å². The number of benzene rings is 1. The minimum Gasteiger partial charge on any atom is -0.478 e. The van der Waals surface area contributed by atoms with Crippen LogP contribution in [0.4, 0.5) is 5.69 Å². The molecule has 0 bridgehead atoms. The van der Waals surface area contributed by atoms with Crippen LogP contribution in [0.2, 0.25) is 0 Å². The van der Waals surface area contributed by atoms with E-state index in [1.165, 1.54) is 10.6 Å². The van der Waals surface area contributed by atoms with E-state index in [-0.39, 0.29) is 25.4 Å². The maximum absolute atomic E-state index is 12.4. The fraction of sp³-hybridized carbons (Fsp3) is 0.312. The summed E-state index contributed by atoms with van der Waals surface area (Å²) in [6.07, 6.45) is 2.16. The van der Waals surface area contributed by atoms with Crippen molar-refractivity contribution in [2.45, 2.75) is 19.1 Å². The molecule has 0 aliphatic carbocycles. The van der Waals surface area contributed by atoms with Crippen LogP contribution in [-0.4, -0.2) is 33.2 Å². The van der Waals surface area contributed by atoms with Crippen LogP contribution >= 0.6 is 0 Å². The van der Waals surface area contributed by atoms with Crippen molar-refractivity contribution in [3.8, 4) is 5.75 Å². The Labute approximate surface area is 140 Å². The molecule has 3 rings (SSSR count). The molecule has 0 fully saturated rings. The van der Waals surface area contributed by atoms with Crippen LogP contribution in [0.15, 0.2) is 47.1 Å². The highest BCUT2D eigenvalue weighted by Crippen LogP contribution is 2.33. The Balaban J connectivity index is 1.77. The average Bonchev–Trinajstić information content (AvgIpc) is 2.97. The first-order valence-electron chi connectivity index (χ1n) is 7.48. The molecule has 8 heteroatoms. The van der Waals surface area contributed by atoms with Crippen molar-refractivity contribution in [1.82, 2.24) is 5.32 Å². The molecule has 128 valence electrons. The van der Waals surface area contributed by atoms with Gasteiger partial charge in [0.15, 0.2) is 6.10 Å². The monoisotopic (exact) mass is 350 g/mol. The van der Waals surface area contributed by atoms with E-state index in [1.807, 2.05) is 0 Å². The number of hydrogen-bond acceptors (Lipinski definition) is 5. The van der Waals surface area contributed by atoms with Crippen molar-refractivity contribution in [1.29, 1.82) is 0 Å². The Hall–Kier alpha value is -2.48. The summed E-state index contributed by atoms with van der Waals surface area (Å²) in [6.45, 7) is 0.428. The first-order chi connectivity index (χ1) is 11.4. The molecule has 0 saturated heterocycles. The van der Waals surface area contributed by atoms with Gasteiger partial charge < -0.3 is 14.5 Å². The maximum atomic E-state index is 12.4. The van der Waals surface area contributed by atoms with Crippen molar-refractivity contribution in [3.63, 3.8) is 0 Å². The molecule has 1 atom stereocenters. The predicted molar refractivity (Wildman–Crippen MR) is 88.2 cm³/mol. The van der Waals surface area contributed by atoms with Crippen molar-refractivity contribution < 1.29 is 22.4 Å². The molecule has 1 aliphatic heterocycles. The lowest BCUT2D eigenvalue weighted by Gasteiger charge is -2.20. The number of carbonyl (C=O) groups excluding carboxylic acids is 1. The number of nitrogens with zero attached hydrogens (tertiary/aromatic N) is 1. The van der Waals surface area contributed by atoms with Gasteiger partial charge in [0, 0.05) is 13.0 Å². The molecule has 1 aromatic carbocycles. The summed E-state index contributed by atoms with van der Waals surface area (Å²) in [5, 5.41) is 2.74. The van der Waals surface area contributed by atoms with E-state index in [9.17, 15) is 13.2 Å². The van der Waals surface area contributed by atoms with Gasteiger partial charge in [0.1, 0.15) is 11.5 Å². The number of amides is 1. The summed E-state index contributed by atoms with van der Waals surface area (Å²) in [7, 11) is -3.45. The third-order valence-electron chi connectivity index (χ3n) is 3.71. The summed E-state index contributed by atoms with van der Waals surface area (Å²) in [4.78, 5) is 12.4. The fourth-order valence-electron chi connectivity index (χ4n) is 2.56. The number of para-hydroxylation sites is 2. The molecule has 0 spiro atoms. The van der Waals surface area contributed by atoms with Gasteiger partial charge >= 0.3 is 0 Å². The van der Waals surface area contributed by atoms with Gasteiger partial charge in [0.2, 0.25) is 10.0 Å². The molecule has 1 amide bonds. The Morgan fingerprint density at radius 3 is 2.79 bits per heavy atom. The smallest absolute Gasteiger partial charge is 0.261 e. The minimum absolute atomic E-state index is 0.175. The van der Waals surface area contributed by atoms with Gasteiger partial charge in [-0.3, -0.25) is 9.10 Å². The number of rotatable bonds is 4. The van der Waals surface area contributed by atoms with Crippen LogP contribution in [0.5, 0.6) is 5.75 Å². The normalized spacial score (nSPS) is 17.5. The number of hydrogen-bond donors (Lipinski definition) is 1. The van der Waals surface area contributed by atoms with Gasteiger partial charge in [-0.2, -0.15) is 0 Å². The largest absolute Gasteiger partial charge is 0.478 e. The zero-order valence-corrected chi connectivity index (χ0v) is 14.0. The van der Waals surface area contributed by atoms with Crippen LogP contribution in [0.1, 0.15) is 12.2 Å². The van der Waals surface area contributed by atoms with Crippen molar-refractivity contribution in [2.24, 2.45) is 0 Å². The molecular formula is C16H18N2O5S. The van der Waals surface area contributed by atoms with Crippen LogP contribution in [0.3, 0.4) is 0 Å². The first-order valence-corrected chi connectivity index (χ1v) is 9.33. The maximum Gasteiger partial charge on any atom is 0.261 e. The number of anilines is 1. The van der Waals surface area contributed by atoms with Crippen LogP contribution < -0.4 is 14.4 Å². The lowest BCUT2D eigenvalue weighted by atomic mass is 10.2. The van der Waals surface area contributed by atoms with E-state index >= 15 is 0 Å². The summed E-state index contributed by atoms with van der Waals surface area (Å²) >= 11 is 0. The molecule has 2 heterocycles. The SMILES string of the molecule is CS(=O)(=O)N1CC[C@H](C(=O)NCc2ccco2)Oc2ccccc21. The summed E-state index contributed by atoms with van der Waals surface area (Å²) in [5.41, 5.74) is 0.446. The van der Waals surface area contributed by atoms with Crippen molar-refractivity contribution in [3.05, 3.63) is 48.4 Å². The Bertz CT molecular complexity index is 817. The summed E-state index contributed by atoms with van der Waals surface area (Å²) in [5.74, 6) is 0.699. The molecular weight excluding hydrogens is 332 g/mol. The first kappa shape index (κ1) is 16.4. The molecule has 7 nitrogen and oxygen atoms in total. The van der Waals surface area contributed by atoms with Gasteiger partial charge in [-0.15, -0.1) is 0 Å². The molecule has 24 heavy (non-hydrogen) atoms. The van der Waals surface area contributed by atoms with E-state index in [4.69, 9.17) is 9.15 Å². The number of furan rings is 1. The highest BCUT2D eigenvalue weighted by atomic mass is 32.2. The average molecular weight is 350 g/mol. The van der Waals surface area contributed by atoms with E-state index in [0.717, 1.165) is 6.26 Å². The van der Waals surface area contributed by atoms with Crippen LogP contribution in [0, 0.1) is 0 Å². The Kier molecular flexibility index (Phi) is 4.48. The molecule has 0 radical (unpaired) electrons. The third kappa shape index (κ3) is 3.53. The van der Waals surface area contributed by atoms with E-state index < -0.39 is 16.1 Å². The number of fused-ring (bicyclic) bond motifs is 1. The van der Waals surface area contributed by atoms with Crippen LogP contribution in [-0.2, 0) is 21.4 Å². The van der Waals surface area contributed by atoms with E-state index in [0.29, 0.717) is 17.2 Å². The van der Waals surface area contributed by atoms with Gasteiger partial charge in [-0.05, 0) is 24.3 Å². The minimum atomic E-state index is -3.45. The molecule has 2 aromatic rings. The van der Waals surface area contributed by atoms with Gasteiger partial charge in [-0.25, -0.2) is 8.42 Å².